The molecule has 256 valence electrons. The molecular weight excluding hydrogens is 912 g/mol. The number of hydrogen-bond donors (Lipinski definition) is 0. The highest BCUT2D eigenvalue weighted by atomic mass is 79.9. The van der Waals surface area contributed by atoms with Crippen molar-refractivity contribution in [1.82, 2.24) is 0 Å². The van der Waals surface area contributed by atoms with E-state index < -0.39 is 28.6 Å². The van der Waals surface area contributed by atoms with E-state index in [4.69, 9.17) is 13.6 Å². The van der Waals surface area contributed by atoms with Gasteiger partial charge in [0, 0.05) is 29.0 Å². The molecule has 0 saturated heterocycles. The van der Waals surface area contributed by atoms with E-state index in [-0.39, 0.29) is 13.2 Å². The molecule has 0 N–H and O–H groups in total. The third-order valence-electron chi connectivity index (χ3n) is 8.10. The van der Waals surface area contributed by atoms with E-state index in [1.165, 1.54) is 0 Å². The van der Waals surface area contributed by atoms with Crippen molar-refractivity contribution in [2.75, 3.05) is 13.2 Å². The van der Waals surface area contributed by atoms with E-state index in [9.17, 15) is 9.59 Å². The maximum Gasteiger partial charge on any atom is 0.333 e. The first-order chi connectivity index (χ1) is 23.4. The third-order valence-corrected chi connectivity index (χ3v) is 20.2. The quantitative estimate of drug-likeness (QED) is 0.0488. The van der Waals surface area contributed by atoms with Crippen LogP contribution in [-0.4, -0.2) is 41.8 Å². The van der Waals surface area contributed by atoms with Crippen molar-refractivity contribution in [3.63, 3.8) is 0 Å². The van der Waals surface area contributed by atoms with Crippen LogP contribution < -0.4 is 20.7 Å². The molecule has 0 aromatic heterocycles. The lowest BCUT2D eigenvalue weighted by atomic mass is 10.4. The van der Waals surface area contributed by atoms with Gasteiger partial charge in [0.15, 0.2) is 0 Å². The first-order valence-corrected chi connectivity index (χ1v) is 23.2. The summed E-state index contributed by atoms with van der Waals surface area (Å²) in [4.78, 5) is 24.8. The Morgan fingerprint density at radius 2 is 0.755 bits per heavy atom. The van der Waals surface area contributed by atoms with E-state index in [2.05, 4.69) is 174 Å². The molecule has 4 aromatic carbocycles. The van der Waals surface area contributed by atoms with Crippen LogP contribution in [0.3, 0.4) is 0 Å². The Morgan fingerprint density at radius 3 is 0.980 bits per heavy atom. The molecule has 0 radical (unpaired) electrons. The maximum atomic E-state index is 12.4. The van der Waals surface area contributed by atoms with E-state index in [1.54, 1.807) is 13.8 Å². The molecule has 5 nitrogen and oxygen atoms in total. The van der Waals surface area contributed by atoms with Crippen LogP contribution in [0.2, 0.25) is 12.1 Å². The SMILES string of the molecule is C=C(C)C(=O)OCCC[Si](O[Si](CCCOC(=O)C(=C)C)(c1ccc(Br)cc1)c1ccc(Br)cc1)(c1ccc(Br)cc1)c1ccc(Br)cc1. The lowest BCUT2D eigenvalue weighted by Crippen LogP contribution is -2.73. The molecular formula is C38H38Br4O5Si2. The van der Waals surface area contributed by atoms with Crippen LogP contribution in [0.25, 0.3) is 0 Å². The standard InChI is InChI=1S/C38H38Br4O5Si2/c1-27(2)37(43)45-23-5-25-48(33-15-7-29(39)8-16-33,34-17-9-30(40)10-18-34)47-49(35-19-11-31(41)12-20-35,36-21-13-32(42)14-22-36)26-6-24-46-38(44)28(3)4/h7-22H,1,3,5-6,23-26H2,2,4H3. The van der Waals surface area contributed by atoms with Gasteiger partial charge in [-0.1, -0.05) is 125 Å². The molecule has 11 heteroatoms. The van der Waals surface area contributed by atoms with Gasteiger partial charge in [-0.15, -0.1) is 0 Å². The molecule has 0 fully saturated rings. The Labute approximate surface area is 324 Å². The minimum Gasteiger partial charge on any atom is -0.462 e. The molecule has 0 atom stereocenters. The molecule has 0 saturated carbocycles. The summed E-state index contributed by atoms with van der Waals surface area (Å²) in [7, 11) is -6.32. The fourth-order valence-electron chi connectivity index (χ4n) is 5.64. The van der Waals surface area contributed by atoms with E-state index in [0.717, 1.165) is 38.6 Å². The molecule has 0 aliphatic rings. The van der Waals surface area contributed by atoms with Gasteiger partial charge in [0.05, 0.1) is 13.2 Å². The normalized spacial score (nSPS) is 11.6. The van der Waals surface area contributed by atoms with Crippen molar-refractivity contribution >= 4 is 113 Å². The Balaban J connectivity index is 1.96. The minimum atomic E-state index is -3.16. The van der Waals surface area contributed by atoms with Crippen LogP contribution in [-0.2, 0) is 23.2 Å². The summed E-state index contributed by atoms with van der Waals surface area (Å²) in [5, 5.41) is 4.40. The van der Waals surface area contributed by atoms with Gasteiger partial charge in [0.1, 0.15) is 0 Å². The van der Waals surface area contributed by atoms with E-state index in [1.807, 2.05) is 0 Å². The lowest BCUT2D eigenvalue weighted by Gasteiger charge is -2.44. The zero-order chi connectivity index (χ0) is 35.6. The topological polar surface area (TPSA) is 61.8 Å². The molecule has 0 heterocycles. The second-order valence-electron chi connectivity index (χ2n) is 11.8. The molecule has 0 unspecified atom stereocenters. The fourth-order valence-corrected chi connectivity index (χ4v) is 17.7. The Kier molecular flexibility index (Phi) is 14.6. The van der Waals surface area contributed by atoms with Crippen LogP contribution in [0, 0.1) is 0 Å². The van der Waals surface area contributed by atoms with Crippen molar-refractivity contribution in [1.29, 1.82) is 0 Å². The van der Waals surface area contributed by atoms with Crippen LogP contribution in [0.5, 0.6) is 0 Å². The predicted molar refractivity (Wildman–Crippen MR) is 218 cm³/mol. The van der Waals surface area contributed by atoms with Crippen LogP contribution in [0.1, 0.15) is 26.7 Å². The molecule has 0 aliphatic carbocycles. The zero-order valence-corrected chi connectivity index (χ0v) is 35.8. The number of ether oxygens (including phenoxy) is 2. The monoisotopic (exact) mass is 946 g/mol. The summed E-state index contributed by atoms with van der Waals surface area (Å²) in [6, 6.07) is 34.9. The highest BCUT2D eigenvalue weighted by Crippen LogP contribution is 2.28. The Hall–Kier alpha value is -2.39. The first kappa shape index (κ1) is 39.4. The second kappa shape index (κ2) is 18.2. The number of carbonyl (C=O) groups is 2. The zero-order valence-electron chi connectivity index (χ0n) is 27.4. The van der Waals surface area contributed by atoms with E-state index in [0.29, 0.717) is 36.1 Å². The highest BCUT2D eigenvalue weighted by Gasteiger charge is 2.50. The average Bonchev–Trinajstić information content (AvgIpc) is 3.08. The predicted octanol–water partition coefficient (Wildman–Crippen LogP) is 8.59. The molecule has 0 aliphatic heterocycles. The summed E-state index contributed by atoms with van der Waals surface area (Å²) >= 11 is 14.6. The smallest absolute Gasteiger partial charge is 0.333 e. The fraction of sp³-hybridized carbons (Fsp3) is 0.211. The van der Waals surface area contributed by atoms with Crippen LogP contribution >= 0.6 is 63.7 Å². The Morgan fingerprint density at radius 1 is 0.510 bits per heavy atom. The van der Waals surface area contributed by atoms with Crippen LogP contribution in [0.15, 0.2) is 139 Å². The number of hydrogen-bond acceptors (Lipinski definition) is 5. The summed E-state index contributed by atoms with van der Waals surface area (Å²) in [6.07, 6.45) is 1.16. The van der Waals surface area contributed by atoms with Gasteiger partial charge < -0.3 is 13.6 Å². The number of halogens is 4. The lowest BCUT2D eigenvalue weighted by molar-refractivity contribution is -0.139. The molecule has 0 bridgehead atoms. The van der Waals surface area contributed by atoms with Crippen molar-refractivity contribution in [3.8, 4) is 0 Å². The maximum absolute atomic E-state index is 12.4. The highest BCUT2D eigenvalue weighted by molar-refractivity contribution is 9.11. The second-order valence-corrected chi connectivity index (χ2v) is 22.9. The van der Waals surface area contributed by atoms with Crippen molar-refractivity contribution in [2.24, 2.45) is 0 Å². The van der Waals surface area contributed by atoms with Gasteiger partial charge in [-0.25, -0.2) is 9.59 Å². The van der Waals surface area contributed by atoms with Gasteiger partial charge >= 0.3 is 11.9 Å². The van der Waals surface area contributed by atoms with Gasteiger partial charge in [-0.05, 0) is 108 Å². The molecule has 4 aromatic rings. The number of rotatable bonds is 16. The summed E-state index contributed by atoms with van der Waals surface area (Å²) in [5.74, 6) is -0.809. The van der Waals surface area contributed by atoms with E-state index >= 15 is 0 Å². The molecule has 0 amide bonds. The minimum absolute atomic E-state index is 0.235. The third kappa shape index (κ3) is 10.3. The summed E-state index contributed by atoms with van der Waals surface area (Å²) < 4.78 is 23.2. The molecule has 49 heavy (non-hydrogen) atoms. The first-order valence-electron chi connectivity index (χ1n) is 15.8. The molecule has 4 rings (SSSR count). The number of benzene rings is 4. The average molecular weight is 951 g/mol. The van der Waals surface area contributed by atoms with Crippen LogP contribution in [0.4, 0.5) is 0 Å². The van der Waals surface area contributed by atoms with Gasteiger partial charge in [0.2, 0.25) is 16.6 Å². The van der Waals surface area contributed by atoms with Crippen molar-refractivity contribution < 1.29 is 23.2 Å². The number of carbonyl (C=O) groups excluding carboxylic acids is 2. The summed E-state index contributed by atoms with van der Waals surface area (Å²) in [5.41, 5.74) is 0.731. The molecule has 0 spiro atoms. The van der Waals surface area contributed by atoms with Crippen molar-refractivity contribution in [3.05, 3.63) is 139 Å². The Bertz CT molecular complexity index is 1540. The summed E-state index contributed by atoms with van der Waals surface area (Å²) in [6.45, 7) is 11.3. The largest absolute Gasteiger partial charge is 0.462 e. The van der Waals surface area contributed by atoms with Gasteiger partial charge in [-0.2, -0.15) is 0 Å². The van der Waals surface area contributed by atoms with Gasteiger partial charge in [-0.3, -0.25) is 0 Å². The van der Waals surface area contributed by atoms with Gasteiger partial charge in [0.25, 0.3) is 0 Å². The number of esters is 2. The van der Waals surface area contributed by atoms with Crippen molar-refractivity contribution in [2.45, 2.75) is 38.8 Å².